The predicted molar refractivity (Wildman–Crippen MR) is 123 cm³/mol. The largest absolute Gasteiger partial charge is 0.298 e. The van der Waals surface area contributed by atoms with Crippen LogP contribution in [-0.4, -0.2) is 27.5 Å². The molecule has 5 rings (SSSR count). The number of pyridine rings is 3. The zero-order valence-corrected chi connectivity index (χ0v) is 17.0. The molecule has 0 saturated heterocycles. The molecule has 150 valence electrons. The van der Waals surface area contributed by atoms with Crippen LogP contribution in [0, 0.1) is 0 Å². The summed E-state index contributed by atoms with van der Waals surface area (Å²) < 4.78 is 0. The van der Waals surface area contributed by atoms with Gasteiger partial charge in [-0.15, -0.1) is 0 Å². The van der Waals surface area contributed by atoms with Gasteiger partial charge in [-0.2, -0.15) is 0 Å². The normalized spacial score (nSPS) is 10.4. The molecule has 31 heavy (non-hydrogen) atoms. The molecule has 0 unspecified atom stereocenters. The van der Waals surface area contributed by atoms with Crippen molar-refractivity contribution in [2.75, 3.05) is 0 Å². The fourth-order valence-corrected chi connectivity index (χ4v) is 3.43. The summed E-state index contributed by atoms with van der Waals surface area (Å²) in [6.07, 6.45) is 8.58. The van der Waals surface area contributed by atoms with Crippen LogP contribution < -0.4 is 0 Å². The Hall–Kier alpha value is -3.96. The van der Waals surface area contributed by atoms with Gasteiger partial charge in [0.2, 0.25) is 0 Å². The van der Waals surface area contributed by atoms with Crippen LogP contribution in [0.3, 0.4) is 0 Å². The number of rotatable bonds is 3. The summed E-state index contributed by atoms with van der Waals surface area (Å²) >= 11 is 5.93. The first-order chi connectivity index (χ1) is 15.2. The molecule has 0 bridgehead atoms. The average molecular weight is 426 g/mol. The summed E-state index contributed by atoms with van der Waals surface area (Å²) in [5, 5.41) is 2.41. The summed E-state index contributed by atoms with van der Waals surface area (Å²) in [6.45, 7) is 0. The van der Waals surface area contributed by atoms with Gasteiger partial charge in [0.05, 0.1) is 16.1 Å². The van der Waals surface area contributed by atoms with Crippen LogP contribution in [0.5, 0.6) is 0 Å². The number of hydrogen-bond donors (Lipinski definition) is 0. The van der Waals surface area contributed by atoms with Gasteiger partial charge < -0.3 is 0 Å². The SMILES string of the molecule is O=Cc1ccc2nccc(-c3ccncc3)c2c1.O=Cc1ccc2nccc(Cl)c2c1. The lowest BCUT2D eigenvalue weighted by Crippen LogP contribution is -1.87. The lowest BCUT2D eigenvalue weighted by Gasteiger charge is -2.06. The Balaban J connectivity index is 0.000000158. The first-order valence-corrected chi connectivity index (χ1v) is 9.81. The highest BCUT2D eigenvalue weighted by Gasteiger charge is 2.05. The molecule has 3 heterocycles. The summed E-state index contributed by atoms with van der Waals surface area (Å²) in [5.41, 5.74) is 5.09. The second-order valence-corrected chi connectivity index (χ2v) is 7.08. The fraction of sp³-hybridized carbons (Fsp3) is 0. The third kappa shape index (κ3) is 4.47. The molecule has 5 nitrogen and oxygen atoms in total. The van der Waals surface area contributed by atoms with Crippen LogP contribution in [0.25, 0.3) is 32.9 Å². The van der Waals surface area contributed by atoms with Gasteiger partial charge in [-0.3, -0.25) is 24.5 Å². The third-order valence-electron chi connectivity index (χ3n) is 4.74. The average Bonchev–Trinajstić information content (AvgIpc) is 2.84. The number of aldehydes is 2. The van der Waals surface area contributed by atoms with E-state index in [-0.39, 0.29) is 0 Å². The summed E-state index contributed by atoms with van der Waals surface area (Å²) in [4.78, 5) is 33.8. The molecular formula is C25H16ClN3O2. The van der Waals surface area contributed by atoms with Gasteiger partial charge in [0.25, 0.3) is 0 Å². The van der Waals surface area contributed by atoms with Crippen molar-refractivity contribution >= 4 is 46.0 Å². The van der Waals surface area contributed by atoms with Crippen molar-refractivity contribution in [2.45, 2.75) is 0 Å². The molecule has 0 amide bonds. The van der Waals surface area contributed by atoms with Crippen molar-refractivity contribution in [3.63, 3.8) is 0 Å². The van der Waals surface area contributed by atoms with E-state index < -0.39 is 0 Å². The van der Waals surface area contributed by atoms with E-state index in [4.69, 9.17) is 11.6 Å². The van der Waals surface area contributed by atoms with Crippen molar-refractivity contribution in [3.8, 4) is 11.1 Å². The lowest BCUT2D eigenvalue weighted by atomic mass is 10.0. The monoisotopic (exact) mass is 425 g/mol. The highest BCUT2D eigenvalue weighted by atomic mass is 35.5. The van der Waals surface area contributed by atoms with Gasteiger partial charge in [-0.25, -0.2) is 0 Å². The topological polar surface area (TPSA) is 72.8 Å². The zero-order chi connectivity index (χ0) is 21.6. The molecule has 0 aliphatic carbocycles. The maximum atomic E-state index is 10.9. The number of benzene rings is 2. The minimum absolute atomic E-state index is 0.613. The van der Waals surface area contributed by atoms with E-state index in [0.29, 0.717) is 16.1 Å². The van der Waals surface area contributed by atoms with Crippen molar-refractivity contribution in [2.24, 2.45) is 0 Å². The first kappa shape index (κ1) is 20.3. The highest BCUT2D eigenvalue weighted by molar-refractivity contribution is 6.35. The lowest BCUT2D eigenvalue weighted by molar-refractivity contribution is 0.111. The van der Waals surface area contributed by atoms with Crippen molar-refractivity contribution in [3.05, 3.63) is 102 Å². The molecule has 0 aliphatic rings. The summed E-state index contributed by atoms with van der Waals surface area (Å²) in [7, 11) is 0. The second kappa shape index (κ2) is 9.24. The van der Waals surface area contributed by atoms with Crippen LogP contribution in [0.4, 0.5) is 0 Å². The molecule has 0 fully saturated rings. The molecule has 0 atom stereocenters. The van der Waals surface area contributed by atoms with Crippen molar-refractivity contribution in [1.29, 1.82) is 0 Å². The van der Waals surface area contributed by atoms with E-state index in [1.54, 1.807) is 55.1 Å². The van der Waals surface area contributed by atoms with Gasteiger partial charge in [0.15, 0.2) is 0 Å². The number of carbonyl (C=O) groups excluding carboxylic acids is 2. The van der Waals surface area contributed by atoms with Crippen LogP contribution in [0.1, 0.15) is 20.7 Å². The van der Waals surface area contributed by atoms with Gasteiger partial charge in [0, 0.05) is 46.7 Å². The minimum Gasteiger partial charge on any atom is -0.298 e. The Morgan fingerprint density at radius 2 is 1.23 bits per heavy atom. The molecule has 0 aliphatic heterocycles. The Kier molecular flexibility index (Phi) is 6.05. The molecule has 5 aromatic rings. The van der Waals surface area contributed by atoms with Gasteiger partial charge in [-0.1, -0.05) is 11.6 Å². The second-order valence-electron chi connectivity index (χ2n) is 6.68. The molecule has 2 aromatic carbocycles. The van der Waals surface area contributed by atoms with E-state index in [0.717, 1.165) is 45.5 Å². The number of fused-ring (bicyclic) bond motifs is 2. The Morgan fingerprint density at radius 3 is 1.87 bits per heavy atom. The fourth-order valence-electron chi connectivity index (χ4n) is 3.22. The molecule has 6 heteroatoms. The Morgan fingerprint density at radius 1 is 0.645 bits per heavy atom. The van der Waals surface area contributed by atoms with Crippen molar-refractivity contribution in [1.82, 2.24) is 15.0 Å². The van der Waals surface area contributed by atoms with Crippen LogP contribution in [-0.2, 0) is 0 Å². The number of carbonyl (C=O) groups is 2. The molecule has 0 saturated carbocycles. The predicted octanol–water partition coefficient (Wildman–Crippen LogP) is 5.81. The molecule has 0 spiro atoms. The molecule has 0 radical (unpaired) electrons. The number of halogens is 1. The number of aromatic nitrogens is 3. The third-order valence-corrected chi connectivity index (χ3v) is 5.07. The minimum atomic E-state index is 0.613. The molecular weight excluding hydrogens is 410 g/mol. The smallest absolute Gasteiger partial charge is 0.150 e. The molecule has 0 N–H and O–H groups in total. The number of hydrogen-bond acceptors (Lipinski definition) is 5. The van der Waals surface area contributed by atoms with Crippen LogP contribution >= 0.6 is 11.6 Å². The Labute approximate surface area is 183 Å². The Bertz CT molecular complexity index is 1390. The number of nitrogens with zero attached hydrogens (tertiary/aromatic N) is 3. The summed E-state index contributed by atoms with van der Waals surface area (Å²) in [5.74, 6) is 0. The van der Waals surface area contributed by atoms with E-state index in [1.165, 1.54) is 0 Å². The quantitative estimate of drug-likeness (QED) is 0.341. The van der Waals surface area contributed by atoms with Gasteiger partial charge in [0.1, 0.15) is 12.6 Å². The van der Waals surface area contributed by atoms with Gasteiger partial charge >= 0.3 is 0 Å². The zero-order valence-electron chi connectivity index (χ0n) is 16.3. The maximum Gasteiger partial charge on any atom is 0.150 e. The van der Waals surface area contributed by atoms with E-state index in [9.17, 15) is 9.59 Å². The van der Waals surface area contributed by atoms with Gasteiger partial charge in [-0.05, 0) is 71.8 Å². The maximum absolute atomic E-state index is 10.9. The highest BCUT2D eigenvalue weighted by Crippen LogP contribution is 2.27. The van der Waals surface area contributed by atoms with Crippen LogP contribution in [0.15, 0.2) is 85.5 Å². The molecule has 3 aromatic heterocycles. The van der Waals surface area contributed by atoms with E-state index >= 15 is 0 Å². The standard InChI is InChI=1S/C15H10N2O.C10H6ClNO/c18-10-11-1-2-15-14(9-11)13(5-8-17-15)12-3-6-16-7-4-12;11-9-3-4-12-10-2-1-7(6-13)5-8(9)10/h1-10H;1-6H. The van der Waals surface area contributed by atoms with E-state index in [2.05, 4.69) is 15.0 Å². The van der Waals surface area contributed by atoms with Crippen molar-refractivity contribution < 1.29 is 9.59 Å². The van der Waals surface area contributed by atoms with Crippen LogP contribution in [0.2, 0.25) is 5.02 Å². The van der Waals surface area contributed by atoms with E-state index in [1.807, 2.05) is 30.3 Å². The first-order valence-electron chi connectivity index (χ1n) is 9.43. The summed E-state index contributed by atoms with van der Waals surface area (Å²) in [6, 6.07) is 18.3.